The molecule has 3 heterocycles. The number of carbonyl (C=O) groups excluding carboxylic acids is 1. The number of hydrogen-bond acceptors (Lipinski definition) is 5. The zero-order valence-electron chi connectivity index (χ0n) is 11.6. The Labute approximate surface area is 127 Å². The van der Waals surface area contributed by atoms with Crippen molar-refractivity contribution in [3.05, 3.63) is 40.7 Å². The van der Waals surface area contributed by atoms with Crippen molar-refractivity contribution < 1.29 is 9.53 Å². The van der Waals surface area contributed by atoms with E-state index in [1.807, 2.05) is 22.4 Å². The van der Waals surface area contributed by atoms with Crippen LogP contribution in [0, 0.1) is 0 Å². The van der Waals surface area contributed by atoms with Crippen molar-refractivity contribution >= 4 is 17.2 Å². The van der Waals surface area contributed by atoms with E-state index in [1.165, 1.54) is 0 Å². The molecule has 0 aromatic carbocycles. The third-order valence-electron chi connectivity index (χ3n) is 3.47. The lowest BCUT2D eigenvalue weighted by Gasteiger charge is -2.32. The first kappa shape index (κ1) is 14.0. The van der Waals surface area contributed by atoms with E-state index in [9.17, 15) is 4.79 Å². The molecule has 0 N–H and O–H groups in total. The lowest BCUT2D eigenvalue weighted by atomic mass is 10.1. The van der Waals surface area contributed by atoms with E-state index in [2.05, 4.69) is 10.2 Å². The van der Waals surface area contributed by atoms with Crippen LogP contribution >= 0.6 is 11.3 Å². The number of thiophene rings is 1. The summed E-state index contributed by atoms with van der Waals surface area (Å²) in [5, 5.41) is 9.73. The number of amides is 1. The normalized spacial score (nSPS) is 18.5. The minimum Gasteiger partial charge on any atom is -0.471 e. The van der Waals surface area contributed by atoms with E-state index >= 15 is 0 Å². The van der Waals surface area contributed by atoms with Crippen molar-refractivity contribution in [1.29, 1.82) is 0 Å². The van der Waals surface area contributed by atoms with Crippen molar-refractivity contribution in [3.8, 4) is 5.88 Å². The number of likely N-dealkylation sites (tertiary alicyclic amines) is 1. The largest absolute Gasteiger partial charge is 0.471 e. The van der Waals surface area contributed by atoms with Crippen LogP contribution in [0.3, 0.4) is 0 Å². The van der Waals surface area contributed by atoms with Gasteiger partial charge in [0.1, 0.15) is 6.10 Å². The first-order valence-electron chi connectivity index (χ1n) is 7.06. The number of aromatic nitrogens is 2. The predicted molar refractivity (Wildman–Crippen MR) is 80.3 cm³/mol. The molecule has 1 fully saturated rings. The summed E-state index contributed by atoms with van der Waals surface area (Å²) in [5.41, 5.74) is 0. The van der Waals surface area contributed by atoms with Crippen molar-refractivity contribution in [2.75, 3.05) is 13.1 Å². The summed E-state index contributed by atoms with van der Waals surface area (Å²) in [5.74, 6) is 0.694. The molecule has 0 radical (unpaired) electrons. The maximum atomic E-state index is 12.3. The van der Waals surface area contributed by atoms with E-state index in [0.29, 0.717) is 18.8 Å². The Hall–Kier alpha value is -1.95. The van der Waals surface area contributed by atoms with Gasteiger partial charge < -0.3 is 9.64 Å². The van der Waals surface area contributed by atoms with Gasteiger partial charge >= 0.3 is 0 Å². The van der Waals surface area contributed by atoms with Gasteiger partial charge in [0.2, 0.25) is 11.8 Å². The van der Waals surface area contributed by atoms with Gasteiger partial charge in [-0.3, -0.25) is 4.79 Å². The number of rotatable bonds is 4. The fourth-order valence-electron chi connectivity index (χ4n) is 2.46. The average molecular weight is 303 g/mol. The Morgan fingerprint density at radius 1 is 1.43 bits per heavy atom. The average Bonchev–Trinajstić information content (AvgIpc) is 3.01. The van der Waals surface area contributed by atoms with E-state index in [1.54, 1.807) is 29.7 Å². The van der Waals surface area contributed by atoms with Gasteiger partial charge in [-0.2, -0.15) is 5.10 Å². The zero-order chi connectivity index (χ0) is 14.5. The molecule has 3 rings (SSSR count). The van der Waals surface area contributed by atoms with Crippen LogP contribution in [-0.2, 0) is 11.2 Å². The summed E-state index contributed by atoms with van der Waals surface area (Å²) in [6.07, 6.45) is 4.00. The highest BCUT2D eigenvalue weighted by Gasteiger charge is 2.25. The molecule has 6 heteroatoms. The predicted octanol–water partition coefficient (Wildman–Crippen LogP) is 2.15. The second-order valence-corrected chi connectivity index (χ2v) is 6.07. The summed E-state index contributed by atoms with van der Waals surface area (Å²) in [7, 11) is 0. The summed E-state index contributed by atoms with van der Waals surface area (Å²) < 4.78 is 5.81. The monoisotopic (exact) mass is 303 g/mol. The fraction of sp³-hybridized carbons (Fsp3) is 0.400. The maximum absolute atomic E-state index is 12.3. The Morgan fingerprint density at radius 2 is 2.38 bits per heavy atom. The van der Waals surface area contributed by atoms with E-state index in [4.69, 9.17) is 4.74 Å². The van der Waals surface area contributed by atoms with Crippen molar-refractivity contribution in [2.24, 2.45) is 0 Å². The van der Waals surface area contributed by atoms with Crippen molar-refractivity contribution in [1.82, 2.24) is 15.1 Å². The minimum absolute atomic E-state index is 0.00253. The number of carbonyl (C=O) groups is 1. The fourth-order valence-corrected chi connectivity index (χ4v) is 3.15. The second kappa shape index (κ2) is 6.67. The molecule has 110 valence electrons. The maximum Gasteiger partial charge on any atom is 0.233 e. The first-order valence-corrected chi connectivity index (χ1v) is 7.94. The number of ether oxygens (including phenoxy) is 1. The van der Waals surface area contributed by atoms with Gasteiger partial charge in [-0.1, -0.05) is 6.07 Å². The van der Waals surface area contributed by atoms with Crippen LogP contribution in [0.2, 0.25) is 0 Å². The molecular weight excluding hydrogens is 286 g/mol. The lowest BCUT2D eigenvalue weighted by molar-refractivity contribution is -0.133. The van der Waals surface area contributed by atoms with Gasteiger partial charge in [-0.25, -0.2) is 0 Å². The molecule has 0 bridgehead atoms. The molecule has 2 aromatic rings. The Bertz CT molecular complexity index is 574. The minimum atomic E-state index is 0.00253. The molecule has 21 heavy (non-hydrogen) atoms. The highest BCUT2D eigenvalue weighted by atomic mass is 32.1. The molecule has 1 amide bonds. The van der Waals surface area contributed by atoms with Gasteiger partial charge in [0.15, 0.2) is 0 Å². The van der Waals surface area contributed by atoms with Crippen LogP contribution in [0.25, 0.3) is 0 Å². The Kier molecular flexibility index (Phi) is 4.45. The van der Waals surface area contributed by atoms with Crippen LogP contribution in [0.5, 0.6) is 5.88 Å². The van der Waals surface area contributed by atoms with Crippen LogP contribution in [0.4, 0.5) is 0 Å². The third kappa shape index (κ3) is 3.78. The van der Waals surface area contributed by atoms with E-state index < -0.39 is 0 Å². The van der Waals surface area contributed by atoms with Gasteiger partial charge in [0, 0.05) is 23.7 Å². The van der Waals surface area contributed by atoms with Gasteiger partial charge in [-0.05, 0) is 30.4 Å². The van der Waals surface area contributed by atoms with E-state index in [-0.39, 0.29) is 12.0 Å². The summed E-state index contributed by atoms with van der Waals surface area (Å²) in [6, 6.07) is 7.56. The molecule has 1 aliphatic heterocycles. The smallest absolute Gasteiger partial charge is 0.233 e. The molecule has 1 unspecified atom stereocenters. The molecule has 5 nitrogen and oxygen atoms in total. The first-order chi connectivity index (χ1) is 10.3. The topological polar surface area (TPSA) is 55.3 Å². The molecule has 1 atom stereocenters. The molecule has 0 saturated carbocycles. The van der Waals surface area contributed by atoms with Crippen LogP contribution in [-0.4, -0.2) is 40.2 Å². The molecule has 0 aliphatic carbocycles. The SMILES string of the molecule is O=C(Cc1cccs1)N1CCCC(Oc2cccnn2)C1. The van der Waals surface area contributed by atoms with E-state index in [0.717, 1.165) is 24.3 Å². The quantitative estimate of drug-likeness (QED) is 0.868. The zero-order valence-corrected chi connectivity index (χ0v) is 12.5. The third-order valence-corrected chi connectivity index (χ3v) is 4.35. The Balaban J connectivity index is 1.56. The number of nitrogens with zero attached hydrogens (tertiary/aromatic N) is 3. The number of piperidine rings is 1. The molecule has 0 spiro atoms. The van der Waals surface area contributed by atoms with Crippen LogP contribution in [0.15, 0.2) is 35.8 Å². The summed E-state index contributed by atoms with van der Waals surface area (Å²) >= 11 is 1.62. The molecule has 1 aliphatic rings. The highest BCUT2D eigenvalue weighted by molar-refractivity contribution is 7.10. The lowest BCUT2D eigenvalue weighted by Crippen LogP contribution is -2.45. The number of hydrogen-bond donors (Lipinski definition) is 0. The summed E-state index contributed by atoms with van der Waals surface area (Å²) in [6.45, 7) is 1.44. The standard InChI is InChI=1S/C15H17N3O2S/c19-15(10-13-5-3-9-21-13)18-8-2-4-12(11-18)20-14-6-1-7-16-17-14/h1,3,5-7,9,12H,2,4,8,10-11H2. The second-order valence-electron chi connectivity index (χ2n) is 5.04. The molecule has 1 saturated heterocycles. The van der Waals surface area contributed by atoms with Crippen LogP contribution in [0.1, 0.15) is 17.7 Å². The van der Waals surface area contributed by atoms with Gasteiger partial charge in [0.25, 0.3) is 0 Å². The van der Waals surface area contributed by atoms with Gasteiger partial charge in [-0.15, -0.1) is 16.4 Å². The van der Waals surface area contributed by atoms with Crippen molar-refractivity contribution in [3.63, 3.8) is 0 Å². The summed E-state index contributed by atoms with van der Waals surface area (Å²) in [4.78, 5) is 15.3. The van der Waals surface area contributed by atoms with Crippen LogP contribution < -0.4 is 4.74 Å². The molecular formula is C15H17N3O2S. The Morgan fingerprint density at radius 3 is 3.14 bits per heavy atom. The van der Waals surface area contributed by atoms with Crippen molar-refractivity contribution in [2.45, 2.75) is 25.4 Å². The highest BCUT2D eigenvalue weighted by Crippen LogP contribution is 2.18. The van der Waals surface area contributed by atoms with Gasteiger partial charge in [0.05, 0.1) is 13.0 Å². The molecule has 2 aromatic heterocycles.